The third kappa shape index (κ3) is 3.72. The zero-order valence-electron chi connectivity index (χ0n) is 10.8. The van der Waals surface area contributed by atoms with E-state index in [1.807, 2.05) is 5.32 Å². The molecule has 0 aliphatic carbocycles. The molecule has 0 radical (unpaired) electrons. The SMILES string of the molecule is O=C(NC(=O)c1c(F)cccc1F)Nc1ccc(Cl)cc1Cl. The van der Waals surface area contributed by atoms with Crippen molar-refractivity contribution < 1.29 is 18.4 Å². The second kappa shape index (κ2) is 6.72. The summed E-state index contributed by atoms with van der Waals surface area (Å²) in [4.78, 5) is 23.4. The Hall–Kier alpha value is -2.18. The van der Waals surface area contributed by atoms with Crippen LogP contribution < -0.4 is 10.6 Å². The van der Waals surface area contributed by atoms with Gasteiger partial charge >= 0.3 is 6.03 Å². The lowest BCUT2D eigenvalue weighted by atomic mass is 10.2. The quantitative estimate of drug-likeness (QED) is 0.856. The fourth-order valence-corrected chi connectivity index (χ4v) is 2.08. The van der Waals surface area contributed by atoms with E-state index in [2.05, 4.69) is 5.32 Å². The molecule has 0 bridgehead atoms. The maximum Gasteiger partial charge on any atom is 0.326 e. The number of amides is 3. The molecule has 0 heterocycles. The number of imide groups is 1. The van der Waals surface area contributed by atoms with Crippen molar-refractivity contribution in [3.63, 3.8) is 0 Å². The van der Waals surface area contributed by atoms with Crippen LogP contribution in [0.4, 0.5) is 19.3 Å². The minimum atomic E-state index is -1.21. The Balaban J connectivity index is 2.10. The Morgan fingerprint density at radius 2 is 1.64 bits per heavy atom. The number of carbonyl (C=O) groups is 2. The minimum absolute atomic E-state index is 0.146. The van der Waals surface area contributed by atoms with Gasteiger partial charge in [-0.15, -0.1) is 0 Å². The molecule has 3 amide bonds. The molecular weight excluding hydrogens is 337 g/mol. The van der Waals surface area contributed by atoms with Gasteiger partial charge in [-0.05, 0) is 30.3 Å². The van der Waals surface area contributed by atoms with Crippen LogP contribution in [0, 0.1) is 11.6 Å². The zero-order valence-corrected chi connectivity index (χ0v) is 12.3. The average Bonchev–Trinajstić information content (AvgIpc) is 2.41. The highest BCUT2D eigenvalue weighted by Crippen LogP contribution is 2.25. The zero-order chi connectivity index (χ0) is 16.3. The summed E-state index contributed by atoms with van der Waals surface area (Å²) in [5, 5.41) is 4.59. The van der Waals surface area contributed by atoms with Crippen molar-refractivity contribution in [3.8, 4) is 0 Å². The summed E-state index contributed by atoms with van der Waals surface area (Å²) < 4.78 is 26.8. The summed E-state index contributed by atoms with van der Waals surface area (Å²) in [6.07, 6.45) is 0. The molecule has 0 atom stereocenters. The minimum Gasteiger partial charge on any atom is -0.306 e. The molecule has 0 saturated heterocycles. The van der Waals surface area contributed by atoms with Crippen molar-refractivity contribution >= 4 is 40.8 Å². The van der Waals surface area contributed by atoms with Crippen LogP contribution in [-0.4, -0.2) is 11.9 Å². The molecule has 8 heteroatoms. The van der Waals surface area contributed by atoms with E-state index in [0.717, 1.165) is 18.2 Å². The number of hydrogen-bond donors (Lipinski definition) is 2. The van der Waals surface area contributed by atoms with Crippen LogP contribution in [0.1, 0.15) is 10.4 Å². The molecule has 22 heavy (non-hydrogen) atoms. The van der Waals surface area contributed by atoms with E-state index >= 15 is 0 Å². The van der Waals surface area contributed by atoms with Gasteiger partial charge in [-0.1, -0.05) is 29.3 Å². The average molecular weight is 345 g/mol. The molecule has 0 aliphatic rings. The van der Waals surface area contributed by atoms with Crippen molar-refractivity contribution in [2.24, 2.45) is 0 Å². The maximum atomic E-state index is 13.4. The molecule has 0 fully saturated rings. The van der Waals surface area contributed by atoms with E-state index < -0.39 is 29.1 Å². The summed E-state index contributed by atoms with van der Waals surface area (Å²) in [7, 11) is 0. The second-order valence-electron chi connectivity index (χ2n) is 4.13. The van der Waals surface area contributed by atoms with Gasteiger partial charge in [-0.25, -0.2) is 13.6 Å². The summed E-state index contributed by atoms with van der Waals surface area (Å²) in [6, 6.07) is 6.21. The van der Waals surface area contributed by atoms with Crippen LogP contribution in [0.5, 0.6) is 0 Å². The van der Waals surface area contributed by atoms with E-state index in [4.69, 9.17) is 23.2 Å². The highest BCUT2D eigenvalue weighted by atomic mass is 35.5. The summed E-state index contributed by atoms with van der Waals surface area (Å²) >= 11 is 11.5. The number of anilines is 1. The molecule has 2 aromatic rings. The largest absolute Gasteiger partial charge is 0.326 e. The number of rotatable bonds is 2. The molecule has 2 rings (SSSR count). The molecule has 0 aliphatic heterocycles. The van der Waals surface area contributed by atoms with Crippen molar-refractivity contribution in [3.05, 3.63) is 63.6 Å². The lowest BCUT2D eigenvalue weighted by molar-refractivity contribution is 0.0959. The Kier molecular flexibility index (Phi) is 4.95. The topological polar surface area (TPSA) is 58.2 Å². The Morgan fingerprint density at radius 3 is 2.23 bits per heavy atom. The van der Waals surface area contributed by atoms with Crippen LogP contribution in [0.3, 0.4) is 0 Å². The van der Waals surface area contributed by atoms with E-state index in [1.165, 1.54) is 18.2 Å². The predicted octanol–water partition coefficient (Wildman–Crippen LogP) is 4.23. The van der Waals surface area contributed by atoms with Crippen molar-refractivity contribution in [2.75, 3.05) is 5.32 Å². The molecule has 4 nitrogen and oxygen atoms in total. The number of hydrogen-bond acceptors (Lipinski definition) is 2. The van der Waals surface area contributed by atoms with E-state index in [-0.39, 0.29) is 10.7 Å². The Morgan fingerprint density at radius 1 is 1.00 bits per heavy atom. The van der Waals surface area contributed by atoms with Crippen LogP contribution >= 0.6 is 23.2 Å². The third-order valence-corrected chi connectivity index (χ3v) is 3.14. The number of benzene rings is 2. The summed E-state index contributed by atoms with van der Waals surface area (Å²) in [6.45, 7) is 0. The molecule has 0 unspecified atom stereocenters. The predicted molar refractivity (Wildman–Crippen MR) is 79.3 cm³/mol. The van der Waals surface area contributed by atoms with Crippen molar-refractivity contribution in [1.82, 2.24) is 5.32 Å². The molecule has 114 valence electrons. The van der Waals surface area contributed by atoms with Gasteiger partial charge < -0.3 is 5.32 Å². The van der Waals surface area contributed by atoms with Crippen molar-refractivity contribution in [1.29, 1.82) is 0 Å². The highest BCUT2D eigenvalue weighted by molar-refractivity contribution is 6.36. The van der Waals surface area contributed by atoms with E-state index in [1.54, 1.807) is 0 Å². The number of halogens is 4. The number of carbonyl (C=O) groups excluding carboxylic acids is 2. The molecule has 2 N–H and O–H groups in total. The van der Waals surface area contributed by atoms with Crippen molar-refractivity contribution in [2.45, 2.75) is 0 Å². The van der Waals surface area contributed by atoms with Gasteiger partial charge in [0.15, 0.2) is 0 Å². The first-order valence-electron chi connectivity index (χ1n) is 5.90. The fourth-order valence-electron chi connectivity index (χ4n) is 1.62. The van der Waals surface area contributed by atoms with Gasteiger partial charge in [-0.3, -0.25) is 10.1 Å². The van der Waals surface area contributed by atoms with Crippen LogP contribution in [0.25, 0.3) is 0 Å². The molecule has 2 aromatic carbocycles. The maximum absolute atomic E-state index is 13.4. The van der Waals surface area contributed by atoms with Crippen LogP contribution in [0.2, 0.25) is 10.0 Å². The lowest BCUT2D eigenvalue weighted by Crippen LogP contribution is -2.35. The van der Waals surface area contributed by atoms with Gasteiger partial charge in [0.05, 0.1) is 10.7 Å². The van der Waals surface area contributed by atoms with E-state index in [9.17, 15) is 18.4 Å². The smallest absolute Gasteiger partial charge is 0.306 e. The molecule has 0 spiro atoms. The second-order valence-corrected chi connectivity index (χ2v) is 4.97. The first kappa shape index (κ1) is 16.2. The summed E-state index contributed by atoms with van der Waals surface area (Å²) in [5.41, 5.74) is -0.662. The standard InChI is InChI=1S/C14H8Cl2F2N2O2/c15-7-4-5-11(8(16)6-7)19-14(22)20-13(21)12-9(17)2-1-3-10(12)18/h1-6H,(H2,19,20,21,22). The molecule has 0 saturated carbocycles. The fraction of sp³-hybridized carbons (Fsp3) is 0. The first-order chi connectivity index (χ1) is 10.4. The molecular formula is C14H8Cl2F2N2O2. The van der Waals surface area contributed by atoms with Crippen LogP contribution in [-0.2, 0) is 0 Å². The highest BCUT2D eigenvalue weighted by Gasteiger charge is 2.19. The Bertz CT molecular complexity index is 733. The van der Waals surface area contributed by atoms with Crippen LogP contribution in [0.15, 0.2) is 36.4 Å². The number of nitrogens with one attached hydrogen (secondary N) is 2. The van der Waals surface area contributed by atoms with Gasteiger partial charge in [0.2, 0.25) is 0 Å². The van der Waals surface area contributed by atoms with Gasteiger partial charge in [0, 0.05) is 5.02 Å². The summed E-state index contributed by atoms with van der Waals surface area (Å²) in [5.74, 6) is -3.36. The monoisotopic (exact) mass is 344 g/mol. The van der Waals surface area contributed by atoms with E-state index in [0.29, 0.717) is 5.02 Å². The molecule has 0 aromatic heterocycles. The van der Waals surface area contributed by atoms with Gasteiger partial charge in [0.25, 0.3) is 5.91 Å². The normalized spacial score (nSPS) is 10.2. The third-order valence-electron chi connectivity index (χ3n) is 2.60. The number of urea groups is 1. The van der Waals surface area contributed by atoms with Gasteiger partial charge in [0.1, 0.15) is 17.2 Å². The lowest BCUT2D eigenvalue weighted by Gasteiger charge is -2.09. The van der Waals surface area contributed by atoms with Gasteiger partial charge in [-0.2, -0.15) is 0 Å². The first-order valence-corrected chi connectivity index (χ1v) is 6.65. The Labute approximate surface area is 134 Å².